The minimum atomic E-state index is -1.06. The second-order valence-electron chi connectivity index (χ2n) is 8.13. The molecule has 2 aliphatic heterocycles. The minimum absolute atomic E-state index is 0.000333. The van der Waals surface area contributed by atoms with Gasteiger partial charge in [0.2, 0.25) is 5.91 Å². The van der Waals surface area contributed by atoms with Gasteiger partial charge in [0.25, 0.3) is 5.91 Å². The Morgan fingerprint density at radius 1 is 1.19 bits per heavy atom. The predicted octanol–water partition coefficient (Wildman–Crippen LogP) is 3.68. The number of amides is 3. The van der Waals surface area contributed by atoms with Crippen molar-refractivity contribution >= 4 is 58.6 Å². The van der Waals surface area contributed by atoms with Crippen LogP contribution < -0.4 is 10.2 Å². The highest BCUT2D eigenvalue weighted by Gasteiger charge is 2.36. The Morgan fingerprint density at radius 2 is 2.00 bits per heavy atom. The third-order valence-electron chi connectivity index (χ3n) is 5.60. The number of rotatable bonds is 5. The van der Waals surface area contributed by atoms with Crippen LogP contribution in [0.25, 0.3) is 6.08 Å². The molecule has 0 aliphatic carbocycles. The zero-order valence-electron chi connectivity index (χ0n) is 18.8. The average Bonchev–Trinajstić information content (AvgIpc) is 3.21. The summed E-state index contributed by atoms with van der Waals surface area (Å²) in [5.74, 6) is -1.56. The molecule has 0 spiro atoms. The van der Waals surface area contributed by atoms with Gasteiger partial charge in [-0.1, -0.05) is 29.3 Å². The summed E-state index contributed by atoms with van der Waals surface area (Å²) in [5.41, 5.74) is 0.801. The Labute approximate surface area is 216 Å². The molecule has 0 saturated carbocycles. The number of benzene rings is 2. The Balaban J connectivity index is 1.38. The fourth-order valence-corrected chi connectivity index (χ4v) is 4.14. The van der Waals surface area contributed by atoms with Crippen LogP contribution in [0.2, 0.25) is 10.0 Å². The topological polar surface area (TPSA) is 108 Å². The number of hydrogen-bond donors (Lipinski definition) is 2. The van der Waals surface area contributed by atoms with Gasteiger partial charge in [0.1, 0.15) is 12.4 Å². The molecular formula is C24H22Cl2FN3O6. The van der Waals surface area contributed by atoms with E-state index in [0.29, 0.717) is 34.4 Å². The van der Waals surface area contributed by atoms with E-state index in [9.17, 15) is 23.9 Å². The van der Waals surface area contributed by atoms with Gasteiger partial charge in [-0.15, -0.1) is 0 Å². The molecule has 0 unspecified atom stereocenters. The number of aliphatic hydroxyl groups excluding tert-OH is 1. The van der Waals surface area contributed by atoms with Crippen LogP contribution >= 0.6 is 23.2 Å². The predicted molar refractivity (Wildman–Crippen MR) is 131 cm³/mol. The van der Waals surface area contributed by atoms with E-state index in [2.05, 4.69) is 5.32 Å². The van der Waals surface area contributed by atoms with Crippen molar-refractivity contribution in [1.29, 1.82) is 0 Å². The number of nitrogens with zero attached hydrogens (tertiary/aromatic N) is 2. The van der Waals surface area contributed by atoms with Crippen molar-refractivity contribution in [2.24, 2.45) is 0 Å². The number of nitrogens with one attached hydrogen (secondary N) is 1. The highest BCUT2D eigenvalue weighted by molar-refractivity contribution is 6.42. The number of anilines is 2. The third-order valence-corrected chi connectivity index (χ3v) is 6.34. The molecule has 2 atom stereocenters. The SMILES string of the molecule is O=C(Nc1ccc(N2CCOCC2=O)cc1F)O[C@@H]1C[C@@H](O)CN1C(=O)C=Cc1ccc(Cl)c(Cl)c1. The fourth-order valence-electron chi connectivity index (χ4n) is 3.83. The van der Waals surface area contributed by atoms with Crippen molar-refractivity contribution in [3.05, 3.63) is 63.9 Å². The molecule has 2 N–H and O–H groups in total. The summed E-state index contributed by atoms with van der Waals surface area (Å²) in [6, 6.07) is 8.78. The number of aliphatic hydroxyl groups is 1. The molecule has 4 rings (SSSR count). The van der Waals surface area contributed by atoms with Crippen LogP contribution in [0.3, 0.4) is 0 Å². The van der Waals surface area contributed by atoms with Crippen molar-refractivity contribution in [2.45, 2.75) is 18.8 Å². The monoisotopic (exact) mass is 537 g/mol. The second-order valence-corrected chi connectivity index (χ2v) is 8.95. The van der Waals surface area contributed by atoms with E-state index in [1.165, 1.54) is 34.1 Å². The normalized spacial score (nSPS) is 20.2. The van der Waals surface area contributed by atoms with Crippen molar-refractivity contribution < 1.29 is 33.4 Å². The van der Waals surface area contributed by atoms with Crippen LogP contribution in [-0.4, -0.2) is 66.5 Å². The van der Waals surface area contributed by atoms with Gasteiger partial charge in [0.15, 0.2) is 6.23 Å². The van der Waals surface area contributed by atoms with Crippen LogP contribution in [0.5, 0.6) is 0 Å². The molecule has 9 nitrogen and oxygen atoms in total. The summed E-state index contributed by atoms with van der Waals surface area (Å²) in [6.45, 7) is 0.503. The molecule has 2 saturated heterocycles. The molecule has 2 aromatic carbocycles. The fraction of sp³-hybridized carbons (Fsp3) is 0.292. The largest absolute Gasteiger partial charge is 0.425 e. The summed E-state index contributed by atoms with van der Waals surface area (Å²) in [6.07, 6.45) is -0.180. The Bertz CT molecular complexity index is 1210. The molecule has 2 heterocycles. The molecule has 190 valence electrons. The second kappa shape index (κ2) is 11.3. The first kappa shape index (κ1) is 25.9. The van der Waals surface area contributed by atoms with Gasteiger partial charge >= 0.3 is 6.09 Å². The van der Waals surface area contributed by atoms with Crippen molar-refractivity contribution in [3.8, 4) is 0 Å². The van der Waals surface area contributed by atoms with E-state index in [1.807, 2.05) is 0 Å². The highest BCUT2D eigenvalue weighted by atomic mass is 35.5. The van der Waals surface area contributed by atoms with Crippen LogP contribution in [-0.2, 0) is 19.1 Å². The molecule has 2 fully saturated rings. The van der Waals surface area contributed by atoms with Gasteiger partial charge in [-0.3, -0.25) is 14.9 Å². The Kier molecular flexibility index (Phi) is 8.10. The molecule has 36 heavy (non-hydrogen) atoms. The summed E-state index contributed by atoms with van der Waals surface area (Å²) < 4.78 is 25.0. The maximum atomic E-state index is 14.6. The van der Waals surface area contributed by atoms with Crippen LogP contribution in [0, 0.1) is 5.82 Å². The zero-order valence-corrected chi connectivity index (χ0v) is 20.3. The minimum Gasteiger partial charge on any atom is -0.425 e. The first-order valence-corrected chi connectivity index (χ1v) is 11.7. The molecule has 2 aromatic rings. The highest BCUT2D eigenvalue weighted by Crippen LogP contribution is 2.26. The molecule has 0 aromatic heterocycles. The van der Waals surface area contributed by atoms with Gasteiger partial charge in [-0.2, -0.15) is 0 Å². The van der Waals surface area contributed by atoms with Gasteiger partial charge in [-0.05, 0) is 42.0 Å². The lowest BCUT2D eigenvalue weighted by Crippen LogP contribution is -2.41. The number of β-amino-alcohol motifs (C(OH)–C–C–N with tert-alkyl or cyclic N) is 1. The number of halogens is 3. The molecule has 0 bridgehead atoms. The third kappa shape index (κ3) is 6.14. The van der Waals surface area contributed by atoms with Gasteiger partial charge < -0.3 is 24.4 Å². The van der Waals surface area contributed by atoms with Gasteiger partial charge in [0, 0.05) is 24.7 Å². The van der Waals surface area contributed by atoms with Crippen LogP contribution in [0.15, 0.2) is 42.5 Å². The van der Waals surface area contributed by atoms with Crippen molar-refractivity contribution in [2.75, 3.05) is 36.5 Å². The molecule has 12 heteroatoms. The van der Waals surface area contributed by atoms with Crippen molar-refractivity contribution in [3.63, 3.8) is 0 Å². The van der Waals surface area contributed by atoms with E-state index in [-0.39, 0.29) is 31.2 Å². The average molecular weight is 538 g/mol. The van der Waals surface area contributed by atoms with E-state index in [4.69, 9.17) is 32.7 Å². The molecular weight excluding hydrogens is 516 g/mol. The lowest BCUT2D eigenvalue weighted by atomic mass is 10.2. The standard InChI is InChI=1S/C24H22Cl2FN3O6/c25-17-4-1-14(9-18(17)26)2-6-21(32)30-12-16(31)11-23(30)36-24(34)28-20-5-3-15(10-19(20)27)29-7-8-35-13-22(29)33/h1-6,9-10,16,23,31H,7-8,11-13H2,(H,28,34)/t16-,23-/m1/s1. The summed E-state index contributed by atoms with van der Waals surface area (Å²) in [7, 11) is 0. The van der Waals surface area contributed by atoms with E-state index >= 15 is 0 Å². The number of likely N-dealkylation sites (tertiary alicyclic amines) is 1. The lowest BCUT2D eigenvalue weighted by Gasteiger charge is -2.27. The number of carbonyl (C=O) groups is 3. The smallest absolute Gasteiger partial charge is 0.413 e. The van der Waals surface area contributed by atoms with E-state index in [1.54, 1.807) is 18.2 Å². The van der Waals surface area contributed by atoms with Crippen LogP contribution in [0.1, 0.15) is 12.0 Å². The quantitative estimate of drug-likeness (QED) is 0.563. The lowest BCUT2D eigenvalue weighted by molar-refractivity contribution is -0.132. The van der Waals surface area contributed by atoms with E-state index in [0.717, 1.165) is 6.07 Å². The first-order chi connectivity index (χ1) is 17.2. The Hall–Kier alpha value is -3.18. The summed E-state index contributed by atoms with van der Waals surface area (Å²) in [4.78, 5) is 39.7. The number of hydrogen-bond acceptors (Lipinski definition) is 6. The number of morpholine rings is 1. The molecule has 2 aliphatic rings. The van der Waals surface area contributed by atoms with Crippen LogP contribution in [0.4, 0.5) is 20.6 Å². The summed E-state index contributed by atoms with van der Waals surface area (Å²) in [5, 5.41) is 13.0. The number of carbonyl (C=O) groups excluding carboxylic acids is 3. The van der Waals surface area contributed by atoms with Gasteiger partial charge in [0.05, 0.1) is 35.0 Å². The first-order valence-electron chi connectivity index (χ1n) is 11.0. The number of ether oxygens (including phenoxy) is 2. The zero-order chi connectivity index (χ0) is 25.8. The Morgan fingerprint density at radius 3 is 2.72 bits per heavy atom. The summed E-state index contributed by atoms with van der Waals surface area (Å²) >= 11 is 11.9. The maximum Gasteiger partial charge on any atom is 0.413 e. The van der Waals surface area contributed by atoms with E-state index < -0.39 is 30.1 Å². The van der Waals surface area contributed by atoms with Crippen molar-refractivity contribution in [1.82, 2.24) is 4.90 Å². The maximum absolute atomic E-state index is 14.6. The molecule has 0 radical (unpaired) electrons. The molecule has 3 amide bonds. The van der Waals surface area contributed by atoms with Gasteiger partial charge in [-0.25, -0.2) is 9.18 Å².